The Hall–Kier alpha value is -3.76. The number of ether oxygens (including phenoxy) is 1. The zero-order chi connectivity index (χ0) is 28.4. The average Bonchev–Trinajstić information content (AvgIpc) is 2.92. The Bertz CT molecular complexity index is 1310. The molecule has 0 saturated heterocycles. The van der Waals surface area contributed by atoms with Crippen molar-refractivity contribution in [3.05, 3.63) is 71.1 Å². The maximum atomic E-state index is 13.7. The fraction of sp³-hybridized carbons (Fsp3) is 0.357. The molecule has 0 saturated carbocycles. The van der Waals surface area contributed by atoms with Crippen LogP contribution < -0.4 is 10.6 Å². The van der Waals surface area contributed by atoms with Gasteiger partial charge < -0.3 is 20.1 Å². The van der Waals surface area contributed by atoms with Gasteiger partial charge >= 0.3 is 6.09 Å². The first kappa shape index (κ1) is 29.8. The number of carbonyl (C=O) groups excluding carboxylic acids is 3. The van der Waals surface area contributed by atoms with Gasteiger partial charge in [-0.25, -0.2) is 14.2 Å². The molecule has 3 aromatic rings. The van der Waals surface area contributed by atoms with Crippen LogP contribution in [0.2, 0.25) is 5.02 Å². The van der Waals surface area contributed by atoms with Crippen molar-refractivity contribution in [3.63, 3.8) is 0 Å². The monoisotopic (exact) mass is 558 g/mol. The number of amides is 3. The van der Waals surface area contributed by atoms with Crippen molar-refractivity contribution in [2.24, 2.45) is 0 Å². The highest BCUT2D eigenvalue weighted by Gasteiger charge is 2.23. The number of benzene rings is 2. The van der Waals surface area contributed by atoms with Gasteiger partial charge in [-0.1, -0.05) is 48.0 Å². The maximum absolute atomic E-state index is 13.7. The molecule has 3 N–H and O–H groups in total. The lowest BCUT2D eigenvalue weighted by Crippen LogP contribution is -2.42. The number of fused-ring (bicyclic) bond motifs is 1. The lowest BCUT2D eigenvalue weighted by Gasteiger charge is -2.28. The predicted octanol–water partition coefficient (Wildman–Crippen LogP) is 4.31. The molecule has 1 aromatic heterocycles. The van der Waals surface area contributed by atoms with Crippen LogP contribution in [0.3, 0.4) is 0 Å². The van der Waals surface area contributed by atoms with Gasteiger partial charge in [0.25, 0.3) is 0 Å². The predicted molar refractivity (Wildman–Crippen MR) is 147 cm³/mol. The smallest absolute Gasteiger partial charge is 0.412 e. The van der Waals surface area contributed by atoms with Crippen LogP contribution in [0.5, 0.6) is 0 Å². The number of anilines is 1. The summed E-state index contributed by atoms with van der Waals surface area (Å²) in [6, 6.07) is 13.1. The Morgan fingerprint density at radius 2 is 1.87 bits per heavy atom. The van der Waals surface area contributed by atoms with Crippen LogP contribution in [0.15, 0.2) is 54.7 Å². The Kier molecular flexibility index (Phi) is 11.0. The van der Waals surface area contributed by atoms with Gasteiger partial charge in [-0.05, 0) is 42.8 Å². The highest BCUT2D eigenvalue weighted by Crippen LogP contribution is 2.22. The number of hydrogen-bond donors (Lipinski definition) is 3. The van der Waals surface area contributed by atoms with Gasteiger partial charge in [0.1, 0.15) is 18.2 Å². The van der Waals surface area contributed by atoms with E-state index in [0.29, 0.717) is 11.4 Å². The molecule has 0 bridgehead atoms. The van der Waals surface area contributed by atoms with E-state index >= 15 is 0 Å². The van der Waals surface area contributed by atoms with E-state index in [9.17, 15) is 23.9 Å². The van der Waals surface area contributed by atoms with Crippen molar-refractivity contribution in [2.45, 2.75) is 44.8 Å². The van der Waals surface area contributed by atoms with Gasteiger partial charge in [0, 0.05) is 38.0 Å². The molecule has 0 fully saturated rings. The van der Waals surface area contributed by atoms with Crippen molar-refractivity contribution in [1.29, 1.82) is 0 Å². The summed E-state index contributed by atoms with van der Waals surface area (Å²) >= 11 is 6.01. The number of hydrogen-bond acceptors (Lipinski definition) is 6. The fourth-order valence-corrected chi connectivity index (χ4v) is 4.08. The van der Waals surface area contributed by atoms with Crippen LogP contribution in [0.1, 0.15) is 31.7 Å². The molecule has 1 heterocycles. The number of nitrogens with zero attached hydrogens (tertiary/aromatic N) is 2. The van der Waals surface area contributed by atoms with Crippen LogP contribution in [0, 0.1) is 5.82 Å². The van der Waals surface area contributed by atoms with E-state index in [2.05, 4.69) is 15.6 Å². The summed E-state index contributed by atoms with van der Waals surface area (Å²) in [6.45, 7) is 1.48. The average molecular weight is 559 g/mol. The third kappa shape index (κ3) is 9.19. The Morgan fingerprint density at radius 3 is 2.62 bits per heavy atom. The number of aromatic nitrogens is 1. The highest BCUT2D eigenvalue weighted by atomic mass is 35.5. The molecule has 0 spiro atoms. The largest absolute Gasteiger partial charge is 0.447 e. The first-order valence-electron chi connectivity index (χ1n) is 12.6. The van der Waals surface area contributed by atoms with Crippen molar-refractivity contribution in [1.82, 2.24) is 15.2 Å². The van der Waals surface area contributed by atoms with Crippen LogP contribution in [0.25, 0.3) is 10.8 Å². The molecule has 2 aromatic carbocycles. The molecule has 39 heavy (non-hydrogen) atoms. The van der Waals surface area contributed by atoms with Crippen LogP contribution in [0.4, 0.5) is 15.0 Å². The molecule has 9 nitrogen and oxygen atoms in total. The number of aliphatic hydroxyl groups excluding tert-OH is 1. The summed E-state index contributed by atoms with van der Waals surface area (Å²) in [5.41, 5.74) is 0.506. The SMILES string of the molecule is C[C@H](O)CNC(=O)CC[C@@H](COC(=O)Nc1cc2ccccc2cn1)N(C)C(=O)CCc1cccc(F)c1Cl. The standard InChI is InChI=1S/C28H32ClFN4O5/c1-18(35)15-32-25(36)12-11-22(34(2)26(37)13-10-19-8-5-9-23(30)27(19)29)17-39-28(38)33-24-14-20-6-3-4-7-21(20)16-31-24/h3-9,14,16,18,22,35H,10-13,15,17H2,1-2H3,(H,32,36)(H,31,33,38)/t18-,22-/m0/s1. The molecule has 0 unspecified atom stereocenters. The van der Waals surface area contributed by atoms with E-state index in [1.165, 1.54) is 17.0 Å². The number of carbonyl (C=O) groups is 3. The Morgan fingerprint density at radius 1 is 1.13 bits per heavy atom. The molecule has 0 aliphatic heterocycles. The van der Waals surface area contributed by atoms with Gasteiger partial charge in [-0.2, -0.15) is 0 Å². The summed E-state index contributed by atoms with van der Waals surface area (Å²) in [7, 11) is 1.56. The maximum Gasteiger partial charge on any atom is 0.412 e. The summed E-state index contributed by atoms with van der Waals surface area (Å²) in [6.07, 6.45) is 0.691. The summed E-state index contributed by atoms with van der Waals surface area (Å²) in [4.78, 5) is 43.3. The number of pyridine rings is 1. The molecule has 0 radical (unpaired) electrons. The molecular formula is C28H32ClFN4O5. The number of nitrogens with one attached hydrogen (secondary N) is 2. The first-order valence-corrected chi connectivity index (χ1v) is 12.9. The molecule has 3 rings (SSSR count). The van der Waals surface area contributed by atoms with Gasteiger partial charge in [0.05, 0.1) is 17.2 Å². The second-order valence-corrected chi connectivity index (χ2v) is 9.58. The lowest BCUT2D eigenvalue weighted by molar-refractivity contribution is -0.133. The van der Waals surface area contributed by atoms with Gasteiger partial charge in [-0.3, -0.25) is 14.9 Å². The number of likely N-dealkylation sites (N-methyl/N-ethyl adjacent to an activating group) is 1. The second-order valence-electron chi connectivity index (χ2n) is 9.20. The third-order valence-electron chi connectivity index (χ3n) is 6.15. The molecular weight excluding hydrogens is 527 g/mol. The minimum absolute atomic E-state index is 0.0263. The number of aryl methyl sites for hydroxylation is 1. The van der Waals surface area contributed by atoms with E-state index in [1.54, 1.807) is 32.3 Å². The van der Waals surface area contributed by atoms with E-state index in [0.717, 1.165) is 10.8 Å². The van der Waals surface area contributed by atoms with E-state index < -0.39 is 24.1 Å². The van der Waals surface area contributed by atoms with Crippen molar-refractivity contribution in [2.75, 3.05) is 25.5 Å². The number of halogens is 2. The van der Waals surface area contributed by atoms with Gasteiger partial charge in [-0.15, -0.1) is 0 Å². The van der Waals surface area contributed by atoms with Crippen LogP contribution in [-0.2, 0) is 20.7 Å². The molecule has 2 atom stereocenters. The normalized spacial score (nSPS) is 12.4. The summed E-state index contributed by atoms with van der Waals surface area (Å²) < 4.78 is 19.1. The quantitative estimate of drug-likeness (QED) is 0.304. The van der Waals surface area contributed by atoms with Gasteiger partial charge in [0.15, 0.2) is 0 Å². The highest BCUT2D eigenvalue weighted by molar-refractivity contribution is 6.31. The molecule has 208 valence electrons. The zero-order valence-corrected chi connectivity index (χ0v) is 22.6. The van der Waals surface area contributed by atoms with Crippen LogP contribution >= 0.6 is 11.6 Å². The zero-order valence-electron chi connectivity index (χ0n) is 21.8. The number of aliphatic hydroxyl groups is 1. The Labute approximate surface area is 231 Å². The summed E-state index contributed by atoms with van der Waals surface area (Å²) in [5.74, 6) is -0.844. The fourth-order valence-electron chi connectivity index (χ4n) is 3.86. The molecule has 0 aliphatic carbocycles. The minimum Gasteiger partial charge on any atom is -0.447 e. The first-order chi connectivity index (χ1) is 18.6. The van der Waals surface area contributed by atoms with E-state index in [-0.39, 0.29) is 55.7 Å². The second kappa shape index (κ2) is 14.4. The number of rotatable bonds is 12. The molecule has 11 heteroatoms. The minimum atomic E-state index is -0.756. The van der Waals surface area contributed by atoms with Crippen LogP contribution in [-0.4, -0.2) is 65.2 Å². The molecule has 0 aliphatic rings. The summed E-state index contributed by atoms with van der Waals surface area (Å²) in [5, 5.41) is 16.4. The van der Waals surface area contributed by atoms with E-state index in [4.69, 9.17) is 16.3 Å². The third-order valence-corrected chi connectivity index (χ3v) is 6.57. The topological polar surface area (TPSA) is 121 Å². The van der Waals surface area contributed by atoms with Crippen molar-refractivity contribution >= 4 is 46.1 Å². The van der Waals surface area contributed by atoms with Crippen molar-refractivity contribution in [3.8, 4) is 0 Å². The Balaban J connectivity index is 1.61. The van der Waals surface area contributed by atoms with Gasteiger partial charge in [0.2, 0.25) is 11.8 Å². The van der Waals surface area contributed by atoms with Crippen molar-refractivity contribution < 1.29 is 28.6 Å². The van der Waals surface area contributed by atoms with E-state index in [1.807, 2.05) is 24.3 Å². The molecule has 3 amide bonds. The lowest BCUT2D eigenvalue weighted by atomic mass is 10.1.